The van der Waals surface area contributed by atoms with Crippen molar-refractivity contribution < 1.29 is 9.53 Å². The van der Waals surface area contributed by atoms with Crippen LogP contribution in [0.15, 0.2) is 35.4 Å². The van der Waals surface area contributed by atoms with Gasteiger partial charge in [0.1, 0.15) is 5.75 Å². The summed E-state index contributed by atoms with van der Waals surface area (Å²) in [6, 6.07) is 9.74. The fraction of sp³-hybridized carbons (Fsp3) is 0.200. The van der Waals surface area contributed by atoms with Crippen LogP contribution < -0.4 is 9.75 Å². The Balaban J connectivity index is 2.43. The van der Waals surface area contributed by atoms with Gasteiger partial charge in [-0.1, -0.05) is 12.1 Å². The van der Waals surface area contributed by atoms with Crippen molar-refractivity contribution >= 4 is 28.1 Å². The zero-order valence-corrected chi connectivity index (χ0v) is 11.1. The average molecular weight is 254 g/mol. The zero-order valence-electron chi connectivity index (χ0n) is 11.1. The third-order valence-electron chi connectivity index (χ3n) is 3.36. The summed E-state index contributed by atoms with van der Waals surface area (Å²) in [5, 5.41) is 7.83. The van der Waals surface area contributed by atoms with Gasteiger partial charge in [0.25, 0.3) is 0 Å². The van der Waals surface area contributed by atoms with Crippen LogP contribution in [0.25, 0.3) is 10.8 Å². The Morgan fingerprint density at radius 1 is 1.26 bits per heavy atom. The normalized spacial score (nSPS) is 13.4. The first-order chi connectivity index (χ1) is 9.13. The smallest absolute Gasteiger partial charge is 0.244 e. The Hall–Kier alpha value is -2.36. The minimum absolute atomic E-state index is 0.0969. The lowest BCUT2D eigenvalue weighted by Crippen LogP contribution is -2.27. The van der Waals surface area contributed by atoms with Crippen molar-refractivity contribution in [2.45, 2.75) is 13.8 Å². The van der Waals surface area contributed by atoms with Crippen molar-refractivity contribution in [1.82, 2.24) is 0 Å². The van der Waals surface area contributed by atoms with Gasteiger partial charge in [-0.05, 0) is 25.1 Å². The minimum Gasteiger partial charge on any atom is -0.496 e. The number of rotatable bonds is 1. The molecule has 0 radical (unpaired) electrons. The fourth-order valence-corrected chi connectivity index (χ4v) is 2.51. The molecule has 0 fully saturated rings. The molecule has 1 heterocycles. The van der Waals surface area contributed by atoms with Gasteiger partial charge in [-0.2, -0.15) is 5.10 Å². The molecule has 0 N–H and O–H groups in total. The summed E-state index contributed by atoms with van der Waals surface area (Å²) in [6.07, 6.45) is 0. The standard InChI is InChI=1S/C15H14N2O2/c1-9-11-7-8-14(19-3)12-5-4-6-13(15(11)12)17(16-9)10(2)18/h4-8H,1-3H3. The van der Waals surface area contributed by atoms with Crippen LogP contribution >= 0.6 is 0 Å². The molecule has 1 aliphatic heterocycles. The second-order valence-corrected chi connectivity index (χ2v) is 4.53. The predicted octanol–water partition coefficient (Wildman–Crippen LogP) is 2.94. The summed E-state index contributed by atoms with van der Waals surface area (Å²) in [7, 11) is 1.65. The number of benzene rings is 2. The third kappa shape index (κ3) is 1.60. The topological polar surface area (TPSA) is 41.9 Å². The summed E-state index contributed by atoms with van der Waals surface area (Å²) in [5.41, 5.74) is 2.69. The second kappa shape index (κ2) is 4.09. The number of amides is 1. The fourth-order valence-electron chi connectivity index (χ4n) is 2.51. The van der Waals surface area contributed by atoms with Crippen LogP contribution in [0.3, 0.4) is 0 Å². The van der Waals surface area contributed by atoms with E-state index in [0.29, 0.717) is 0 Å². The number of hydrazone groups is 1. The highest BCUT2D eigenvalue weighted by Crippen LogP contribution is 2.38. The molecule has 4 nitrogen and oxygen atoms in total. The molecule has 0 aromatic heterocycles. The maximum Gasteiger partial charge on any atom is 0.244 e. The van der Waals surface area contributed by atoms with Crippen LogP contribution in [0.1, 0.15) is 19.4 Å². The summed E-state index contributed by atoms with van der Waals surface area (Å²) in [6.45, 7) is 3.42. The first kappa shape index (κ1) is 11.7. The van der Waals surface area contributed by atoms with Gasteiger partial charge in [0.15, 0.2) is 0 Å². The number of carbonyl (C=O) groups excluding carboxylic acids is 1. The highest BCUT2D eigenvalue weighted by Gasteiger charge is 2.23. The Labute approximate surface area is 111 Å². The quantitative estimate of drug-likeness (QED) is 0.785. The van der Waals surface area contributed by atoms with Gasteiger partial charge >= 0.3 is 0 Å². The highest BCUT2D eigenvalue weighted by atomic mass is 16.5. The molecule has 1 aliphatic rings. The summed E-state index contributed by atoms with van der Waals surface area (Å²) < 4.78 is 5.39. The molecular weight excluding hydrogens is 240 g/mol. The summed E-state index contributed by atoms with van der Waals surface area (Å²) in [5.74, 6) is 0.708. The maximum atomic E-state index is 11.7. The van der Waals surface area contributed by atoms with Crippen LogP contribution in [0.2, 0.25) is 0 Å². The first-order valence-electron chi connectivity index (χ1n) is 6.09. The maximum absolute atomic E-state index is 11.7. The van der Waals surface area contributed by atoms with Gasteiger partial charge in [0.2, 0.25) is 5.91 Å². The number of hydrogen-bond acceptors (Lipinski definition) is 3. The van der Waals surface area contributed by atoms with Gasteiger partial charge in [-0.25, -0.2) is 5.01 Å². The SMILES string of the molecule is COc1ccc2c3c(cccc13)N(C(C)=O)N=C2C. The van der Waals surface area contributed by atoms with E-state index in [1.807, 2.05) is 37.3 Å². The van der Waals surface area contributed by atoms with Crippen molar-refractivity contribution in [3.8, 4) is 5.75 Å². The lowest BCUT2D eigenvalue weighted by atomic mass is 9.97. The predicted molar refractivity (Wildman–Crippen MR) is 75.9 cm³/mol. The largest absolute Gasteiger partial charge is 0.496 e. The van der Waals surface area contributed by atoms with Crippen LogP contribution in [0.4, 0.5) is 5.69 Å². The van der Waals surface area contributed by atoms with Gasteiger partial charge < -0.3 is 4.74 Å². The molecule has 0 atom stereocenters. The minimum atomic E-state index is -0.0969. The lowest BCUT2D eigenvalue weighted by molar-refractivity contribution is -0.116. The lowest BCUT2D eigenvalue weighted by Gasteiger charge is -2.25. The molecule has 96 valence electrons. The Bertz CT molecular complexity index is 719. The van der Waals surface area contributed by atoms with E-state index in [9.17, 15) is 4.79 Å². The molecular formula is C15H14N2O2. The molecule has 0 saturated heterocycles. The van der Waals surface area contributed by atoms with Crippen molar-refractivity contribution in [3.63, 3.8) is 0 Å². The second-order valence-electron chi connectivity index (χ2n) is 4.53. The van der Waals surface area contributed by atoms with E-state index in [4.69, 9.17) is 4.74 Å². The summed E-state index contributed by atoms with van der Waals surface area (Å²) >= 11 is 0. The Morgan fingerprint density at radius 2 is 2.05 bits per heavy atom. The number of carbonyl (C=O) groups is 1. The molecule has 19 heavy (non-hydrogen) atoms. The van der Waals surface area contributed by atoms with E-state index in [0.717, 1.165) is 33.5 Å². The molecule has 3 rings (SSSR count). The van der Waals surface area contributed by atoms with Crippen LogP contribution in [-0.4, -0.2) is 18.7 Å². The summed E-state index contributed by atoms with van der Waals surface area (Å²) in [4.78, 5) is 11.7. The van der Waals surface area contributed by atoms with Crippen molar-refractivity contribution in [2.24, 2.45) is 5.10 Å². The van der Waals surface area contributed by atoms with Gasteiger partial charge in [-0.15, -0.1) is 0 Å². The van der Waals surface area contributed by atoms with Crippen molar-refractivity contribution in [1.29, 1.82) is 0 Å². The van der Waals surface area contributed by atoms with Crippen LogP contribution in [-0.2, 0) is 4.79 Å². The molecule has 4 heteroatoms. The van der Waals surface area contributed by atoms with Crippen molar-refractivity contribution in [3.05, 3.63) is 35.9 Å². The van der Waals surface area contributed by atoms with E-state index < -0.39 is 0 Å². The van der Waals surface area contributed by atoms with Crippen LogP contribution in [0.5, 0.6) is 5.75 Å². The van der Waals surface area contributed by atoms with E-state index >= 15 is 0 Å². The number of methoxy groups -OCH3 is 1. The number of hydrogen-bond donors (Lipinski definition) is 0. The molecule has 0 saturated carbocycles. The Kier molecular flexibility index (Phi) is 2.52. The number of ether oxygens (including phenoxy) is 1. The Morgan fingerprint density at radius 3 is 2.74 bits per heavy atom. The van der Waals surface area contributed by atoms with E-state index in [1.165, 1.54) is 11.9 Å². The van der Waals surface area contributed by atoms with Crippen molar-refractivity contribution in [2.75, 3.05) is 12.1 Å². The van der Waals surface area contributed by atoms with Gasteiger partial charge in [0, 0.05) is 23.3 Å². The van der Waals surface area contributed by atoms with Gasteiger partial charge in [-0.3, -0.25) is 4.79 Å². The zero-order chi connectivity index (χ0) is 13.6. The molecule has 0 aliphatic carbocycles. The van der Waals surface area contributed by atoms with E-state index in [1.54, 1.807) is 7.11 Å². The first-order valence-corrected chi connectivity index (χ1v) is 6.09. The molecule has 0 unspecified atom stereocenters. The molecule has 0 spiro atoms. The molecule has 2 aromatic rings. The number of anilines is 1. The molecule has 1 amide bonds. The molecule has 0 bridgehead atoms. The van der Waals surface area contributed by atoms with Crippen LogP contribution in [0, 0.1) is 0 Å². The molecule has 2 aromatic carbocycles. The van der Waals surface area contributed by atoms with E-state index in [-0.39, 0.29) is 5.91 Å². The third-order valence-corrected chi connectivity index (χ3v) is 3.36. The van der Waals surface area contributed by atoms with Gasteiger partial charge in [0.05, 0.1) is 18.5 Å². The number of nitrogens with zero attached hydrogens (tertiary/aromatic N) is 2. The van der Waals surface area contributed by atoms with E-state index in [2.05, 4.69) is 5.10 Å². The average Bonchev–Trinajstić information content (AvgIpc) is 2.42. The highest BCUT2D eigenvalue weighted by molar-refractivity contribution is 6.20. The monoisotopic (exact) mass is 254 g/mol.